The molecule has 7 rings (SSSR count). The van der Waals surface area contributed by atoms with Crippen LogP contribution in [0.5, 0.6) is 0 Å². The first kappa shape index (κ1) is 27.8. The van der Waals surface area contributed by atoms with E-state index >= 15 is 0 Å². The standard InChI is InChI=1S/C34H40O8/c1-29(2)25(24(28(37)39-6)19-10-8-7-9-11-19)31(4)22-12-14-30(3)27(20-13-15-40-18-20)41-23(35)17-34(30,38)33(22)16-21(26(31)36)32(29,5)42-33/h7-11,13,15,18,21-22,24-25,27,38H,12,14,16-17H2,1-6H3. The highest BCUT2D eigenvalue weighted by atomic mass is 16.6. The molecule has 3 saturated carbocycles. The Bertz CT molecular complexity index is 1470. The molecule has 3 bridgehead atoms. The van der Waals surface area contributed by atoms with Crippen LogP contribution in [0.4, 0.5) is 0 Å². The van der Waals surface area contributed by atoms with Crippen LogP contribution in [-0.4, -0.2) is 46.7 Å². The van der Waals surface area contributed by atoms with Crippen molar-refractivity contribution < 1.29 is 38.1 Å². The van der Waals surface area contributed by atoms with E-state index in [2.05, 4.69) is 13.8 Å². The highest BCUT2D eigenvalue weighted by Crippen LogP contribution is 2.80. The SMILES string of the molecule is COC(=O)C(c1ccccc1)C1C2(C)C(=O)C3CC4(OC3(C)C1(C)C)C2CCC1(C)C(c2ccoc2)OC(=O)CC14O. The van der Waals surface area contributed by atoms with E-state index in [1.165, 1.54) is 13.4 Å². The molecule has 10 unspecified atom stereocenters. The van der Waals surface area contributed by atoms with Crippen molar-refractivity contribution in [3.63, 3.8) is 0 Å². The minimum absolute atomic E-state index is 0.0780. The molecule has 8 nitrogen and oxygen atoms in total. The Hall–Kier alpha value is -2.97. The van der Waals surface area contributed by atoms with E-state index in [1.807, 2.05) is 51.1 Å². The van der Waals surface area contributed by atoms with Crippen LogP contribution in [0, 0.1) is 34.0 Å². The Morgan fingerprint density at radius 2 is 1.79 bits per heavy atom. The zero-order valence-corrected chi connectivity index (χ0v) is 25.1. The van der Waals surface area contributed by atoms with E-state index in [-0.39, 0.29) is 12.2 Å². The third-order valence-electron chi connectivity index (χ3n) is 13.0. The molecule has 8 heteroatoms. The largest absolute Gasteiger partial charge is 0.472 e. The van der Waals surface area contributed by atoms with Gasteiger partial charge in [0, 0.05) is 22.3 Å². The molecule has 224 valence electrons. The molecule has 10 atom stereocenters. The van der Waals surface area contributed by atoms with Gasteiger partial charge in [-0.1, -0.05) is 58.0 Å². The summed E-state index contributed by atoms with van der Waals surface area (Å²) >= 11 is 0. The fourth-order valence-electron chi connectivity index (χ4n) is 10.9. The average molecular weight is 577 g/mol. The molecule has 1 N–H and O–H groups in total. The summed E-state index contributed by atoms with van der Waals surface area (Å²) in [5.74, 6) is -2.98. The summed E-state index contributed by atoms with van der Waals surface area (Å²) in [6.07, 6.45) is 3.52. The van der Waals surface area contributed by atoms with E-state index in [1.54, 1.807) is 12.3 Å². The van der Waals surface area contributed by atoms with Crippen molar-refractivity contribution in [2.24, 2.45) is 34.0 Å². The molecule has 3 aliphatic carbocycles. The number of esters is 2. The Morgan fingerprint density at radius 3 is 2.43 bits per heavy atom. The van der Waals surface area contributed by atoms with Crippen molar-refractivity contribution in [2.75, 3.05) is 7.11 Å². The highest BCUT2D eigenvalue weighted by molar-refractivity contribution is 5.94. The van der Waals surface area contributed by atoms with Crippen molar-refractivity contribution in [1.82, 2.24) is 0 Å². The van der Waals surface area contributed by atoms with Gasteiger partial charge in [0.1, 0.15) is 23.1 Å². The van der Waals surface area contributed by atoms with Crippen molar-refractivity contribution in [1.29, 1.82) is 0 Å². The minimum atomic E-state index is -1.63. The minimum Gasteiger partial charge on any atom is -0.472 e. The van der Waals surface area contributed by atoms with Gasteiger partial charge in [0.15, 0.2) is 0 Å². The van der Waals surface area contributed by atoms with Gasteiger partial charge in [-0.15, -0.1) is 0 Å². The Balaban J connectivity index is 1.47. The van der Waals surface area contributed by atoms with Crippen LogP contribution in [0.3, 0.4) is 0 Å². The second-order valence-electron chi connectivity index (χ2n) is 14.6. The summed E-state index contributed by atoms with van der Waals surface area (Å²) in [5, 5.41) is 13.1. The molecule has 1 aromatic heterocycles. The second kappa shape index (κ2) is 8.35. The number of hydrogen-bond donors (Lipinski definition) is 1. The number of hydrogen-bond acceptors (Lipinski definition) is 8. The van der Waals surface area contributed by atoms with Crippen molar-refractivity contribution in [3.8, 4) is 0 Å². The molecule has 2 saturated heterocycles. The molecular weight excluding hydrogens is 536 g/mol. The van der Waals surface area contributed by atoms with Gasteiger partial charge in [0.2, 0.25) is 0 Å². The third kappa shape index (κ3) is 2.89. The molecule has 0 radical (unpaired) electrons. The fourth-order valence-corrected chi connectivity index (χ4v) is 10.9. The molecular formula is C34H40O8. The molecule has 42 heavy (non-hydrogen) atoms. The Labute approximate surface area is 246 Å². The number of ketones is 1. The van der Waals surface area contributed by atoms with Gasteiger partial charge in [0.25, 0.3) is 0 Å². The molecule has 3 heterocycles. The predicted molar refractivity (Wildman–Crippen MR) is 150 cm³/mol. The van der Waals surface area contributed by atoms with Gasteiger partial charge in [-0.2, -0.15) is 0 Å². The maximum Gasteiger partial charge on any atom is 0.313 e. The maximum atomic E-state index is 14.8. The first-order chi connectivity index (χ1) is 19.7. The van der Waals surface area contributed by atoms with Gasteiger partial charge in [-0.05, 0) is 49.1 Å². The van der Waals surface area contributed by atoms with E-state index in [0.29, 0.717) is 24.8 Å². The van der Waals surface area contributed by atoms with Crippen LogP contribution in [-0.2, 0) is 28.6 Å². The molecule has 5 aliphatic rings. The summed E-state index contributed by atoms with van der Waals surface area (Å²) in [5.41, 5.74) is -5.00. The number of aliphatic hydroxyl groups is 1. The van der Waals surface area contributed by atoms with E-state index in [0.717, 1.165) is 5.56 Å². The zero-order valence-electron chi connectivity index (χ0n) is 25.1. The van der Waals surface area contributed by atoms with Crippen molar-refractivity contribution in [2.45, 2.75) is 89.1 Å². The summed E-state index contributed by atoms with van der Waals surface area (Å²) in [7, 11) is 1.39. The van der Waals surface area contributed by atoms with Gasteiger partial charge in [-0.25, -0.2) is 0 Å². The predicted octanol–water partition coefficient (Wildman–Crippen LogP) is 5.15. The second-order valence-corrected chi connectivity index (χ2v) is 14.6. The van der Waals surface area contributed by atoms with Crippen LogP contribution >= 0.6 is 0 Å². The lowest BCUT2D eigenvalue weighted by molar-refractivity contribution is -0.324. The first-order valence-corrected chi connectivity index (χ1v) is 15.0. The number of carbonyl (C=O) groups excluding carboxylic acids is 3. The van der Waals surface area contributed by atoms with Gasteiger partial charge in [-0.3, -0.25) is 14.4 Å². The molecule has 0 amide bonds. The summed E-state index contributed by atoms with van der Waals surface area (Å²) in [6.45, 7) is 10.1. The van der Waals surface area contributed by atoms with E-state index < -0.39 is 74.8 Å². The quantitative estimate of drug-likeness (QED) is 0.498. The zero-order chi connectivity index (χ0) is 30.1. The topological polar surface area (TPSA) is 112 Å². The lowest BCUT2D eigenvalue weighted by atomic mass is 9.34. The number of ether oxygens (including phenoxy) is 3. The van der Waals surface area contributed by atoms with Crippen LogP contribution < -0.4 is 0 Å². The molecule has 1 aromatic carbocycles. The Morgan fingerprint density at radius 1 is 1.07 bits per heavy atom. The van der Waals surface area contributed by atoms with Crippen LogP contribution in [0.1, 0.15) is 83.5 Å². The monoisotopic (exact) mass is 576 g/mol. The normalized spacial score (nSPS) is 45.5. The smallest absolute Gasteiger partial charge is 0.313 e. The molecule has 5 fully saturated rings. The highest BCUT2D eigenvalue weighted by Gasteiger charge is 2.87. The van der Waals surface area contributed by atoms with Crippen LogP contribution in [0.25, 0.3) is 0 Å². The number of benzene rings is 1. The Kier molecular flexibility index (Phi) is 5.53. The number of carbonyl (C=O) groups is 3. The fraction of sp³-hybridized carbons (Fsp3) is 0.618. The van der Waals surface area contributed by atoms with Gasteiger partial charge in [0.05, 0.1) is 43.5 Å². The van der Waals surface area contributed by atoms with Crippen molar-refractivity contribution >= 4 is 17.7 Å². The molecule has 1 spiro atoms. The number of cyclic esters (lactones) is 1. The summed E-state index contributed by atoms with van der Waals surface area (Å²) < 4.78 is 24.1. The lowest BCUT2D eigenvalue weighted by Gasteiger charge is -2.68. The van der Waals surface area contributed by atoms with E-state index in [4.69, 9.17) is 18.6 Å². The van der Waals surface area contributed by atoms with Gasteiger partial charge >= 0.3 is 11.9 Å². The number of methoxy groups -OCH3 is 1. The number of fused-ring (bicyclic) bond motifs is 3. The van der Waals surface area contributed by atoms with E-state index in [9.17, 15) is 19.5 Å². The maximum absolute atomic E-state index is 14.8. The molecule has 2 aliphatic heterocycles. The number of Topliss-reactive ketones (excluding diaryl/α,β-unsaturated/α-hetero) is 1. The molecule has 2 aromatic rings. The summed E-state index contributed by atoms with van der Waals surface area (Å²) in [4.78, 5) is 41.9. The van der Waals surface area contributed by atoms with Crippen LogP contribution in [0.15, 0.2) is 53.3 Å². The number of rotatable bonds is 4. The number of furan rings is 1. The van der Waals surface area contributed by atoms with Crippen molar-refractivity contribution in [3.05, 3.63) is 60.1 Å². The summed E-state index contributed by atoms with van der Waals surface area (Å²) in [6, 6.07) is 11.3. The first-order valence-electron chi connectivity index (χ1n) is 15.0. The van der Waals surface area contributed by atoms with Crippen LogP contribution in [0.2, 0.25) is 0 Å². The lowest BCUT2D eigenvalue weighted by Crippen LogP contribution is -2.77. The van der Waals surface area contributed by atoms with Gasteiger partial charge < -0.3 is 23.7 Å². The third-order valence-corrected chi connectivity index (χ3v) is 13.0. The average Bonchev–Trinajstić information content (AvgIpc) is 3.58.